The topological polar surface area (TPSA) is 159 Å². The molecule has 11 heteroatoms. The molecule has 0 saturated heterocycles. The van der Waals surface area contributed by atoms with E-state index in [9.17, 15) is 19.2 Å². The Morgan fingerprint density at radius 1 is 0.786 bits per heavy atom. The van der Waals surface area contributed by atoms with Crippen molar-refractivity contribution in [2.45, 2.75) is 0 Å². The van der Waals surface area contributed by atoms with E-state index in [4.69, 9.17) is 4.79 Å². The number of rotatable bonds is 0. The van der Waals surface area contributed by atoms with Gasteiger partial charge in [-0.15, -0.1) is 0 Å². The van der Waals surface area contributed by atoms with Gasteiger partial charge in [0.2, 0.25) is 0 Å². The van der Waals surface area contributed by atoms with Crippen molar-refractivity contribution >= 4 is 75.0 Å². The van der Waals surface area contributed by atoms with Gasteiger partial charge in [0, 0.05) is 7.14 Å². The van der Waals surface area contributed by atoms with Gasteiger partial charge in [0.1, 0.15) is 0 Å². The molecular formula is C17H11I2N3O6. The molecule has 0 bridgehead atoms. The molecule has 0 spiro atoms. The number of carbonyl (C=O) groups excluding carboxylic acids is 5. The number of amides is 4. The summed E-state index contributed by atoms with van der Waals surface area (Å²) in [7, 11) is 0. The smallest absolute Gasteiger partial charge is 0.347 e. The van der Waals surface area contributed by atoms with Crippen molar-refractivity contribution in [1.29, 1.82) is 0 Å². The Kier molecular flexibility index (Phi) is 7.06. The maximum absolute atomic E-state index is 11.2. The molecule has 2 aliphatic heterocycles. The van der Waals surface area contributed by atoms with E-state index in [2.05, 4.69) is 21.5 Å². The number of halogens is 2. The summed E-state index contributed by atoms with van der Waals surface area (Å²) in [5.41, 5.74) is 10.2. The molecule has 5 N–H and O–H groups in total. The number of cyclic esters (lactones) is 2. The summed E-state index contributed by atoms with van der Waals surface area (Å²) in [5, 5.41) is 2.24. The number of imide groups is 1. The van der Waals surface area contributed by atoms with Crippen molar-refractivity contribution < 1.29 is 28.7 Å². The first-order chi connectivity index (χ1) is 13.1. The maximum atomic E-state index is 11.2. The lowest BCUT2D eigenvalue weighted by Crippen LogP contribution is -2.20. The van der Waals surface area contributed by atoms with E-state index in [0.717, 1.165) is 7.14 Å². The molecule has 0 aromatic heterocycles. The Morgan fingerprint density at radius 2 is 1.29 bits per heavy atom. The van der Waals surface area contributed by atoms with Crippen LogP contribution < -0.4 is 16.8 Å². The number of urea groups is 1. The second-order valence-electron chi connectivity index (χ2n) is 5.19. The summed E-state index contributed by atoms with van der Waals surface area (Å²) < 4.78 is 5.99. The van der Waals surface area contributed by atoms with Gasteiger partial charge in [0.05, 0.1) is 22.3 Å². The average molecular weight is 607 g/mol. The third-order valence-electron chi connectivity index (χ3n) is 3.34. The third-order valence-corrected chi connectivity index (χ3v) is 5.13. The van der Waals surface area contributed by atoms with Crippen molar-refractivity contribution in [3.05, 3.63) is 65.8 Å². The maximum Gasteiger partial charge on any atom is 0.347 e. The number of benzene rings is 2. The first kappa shape index (κ1) is 21.7. The van der Waals surface area contributed by atoms with Crippen LogP contribution >= 0.6 is 45.2 Å². The Labute approximate surface area is 185 Å². The van der Waals surface area contributed by atoms with Gasteiger partial charge >= 0.3 is 18.0 Å². The molecule has 0 radical (unpaired) electrons. The number of nitrogens with two attached hydrogens (primary N) is 2. The molecule has 2 aromatic carbocycles. The van der Waals surface area contributed by atoms with Crippen LogP contribution in [0.25, 0.3) is 0 Å². The summed E-state index contributed by atoms with van der Waals surface area (Å²) in [5.74, 6) is -1.68. The minimum atomic E-state index is -0.833. The minimum Gasteiger partial charge on any atom is -0.386 e. The number of hydrogen-bond acceptors (Lipinski definition) is 6. The first-order valence-corrected chi connectivity index (χ1v) is 9.53. The highest BCUT2D eigenvalue weighted by atomic mass is 127. The summed E-state index contributed by atoms with van der Waals surface area (Å²) >= 11 is 4.04. The molecule has 0 saturated carbocycles. The first-order valence-electron chi connectivity index (χ1n) is 7.37. The summed E-state index contributed by atoms with van der Waals surface area (Å²) in [4.78, 5) is 53.3. The van der Waals surface area contributed by atoms with Crippen molar-refractivity contribution in [2.24, 2.45) is 11.5 Å². The quantitative estimate of drug-likeness (QED) is 0.179. The summed E-state index contributed by atoms with van der Waals surface area (Å²) in [6.45, 7) is 0. The van der Waals surface area contributed by atoms with Crippen LogP contribution in [0.5, 0.6) is 0 Å². The SMILES string of the molecule is NC(N)=O.O=C1NC(=O)c2c(I)cccc21.O=C1OC(=O)c2c(I)cccc21. The zero-order chi connectivity index (χ0) is 21.0. The second kappa shape index (κ2) is 9.09. The molecule has 0 unspecified atom stereocenters. The number of carbonyl (C=O) groups is 5. The van der Waals surface area contributed by atoms with E-state index in [1.807, 2.05) is 45.2 Å². The predicted octanol–water partition coefficient (Wildman–Crippen LogP) is 1.80. The fraction of sp³-hybridized carbons (Fsp3) is 0. The Bertz CT molecular complexity index is 942. The molecule has 9 nitrogen and oxygen atoms in total. The van der Waals surface area contributed by atoms with E-state index in [-0.39, 0.29) is 11.8 Å². The van der Waals surface area contributed by atoms with Gasteiger partial charge in [-0.1, -0.05) is 12.1 Å². The van der Waals surface area contributed by atoms with Crippen LogP contribution in [-0.4, -0.2) is 29.8 Å². The molecular weight excluding hydrogens is 596 g/mol. The Hall–Kier alpha value is -2.55. The molecule has 28 heavy (non-hydrogen) atoms. The largest absolute Gasteiger partial charge is 0.386 e. The molecule has 2 aliphatic rings. The predicted molar refractivity (Wildman–Crippen MR) is 114 cm³/mol. The zero-order valence-electron chi connectivity index (χ0n) is 13.8. The van der Waals surface area contributed by atoms with Crippen molar-refractivity contribution in [3.8, 4) is 0 Å². The minimum absolute atomic E-state index is 0.292. The molecule has 2 aromatic rings. The van der Waals surface area contributed by atoms with Crippen LogP contribution in [0.15, 0.2) is 36.4 Å². The molecule has 0 fully saturated rings. The molecule has 0 atom stereocenters. The van der Waals surface area contributed by atoms with Crippen LogP contribution in [0.2, 0.25) is 0 Å². The van der Waals surface area contributed by atoms with Crippen LogP contribution in [0.4, 0.5) is 4.79 Å². The molecule has 144 valence electrons. The Balaban J connectivity index is 0.000000169. The number of esters is 2. The van der Waals surface area contributed by atoms with E-state index >= 15 is 0 Å². The van der Waals surface area contributed by atoms with Gasteiger partial charge in [0.15, 0.2) is 0 Å². The highest BCUT2D eigenvalue weighted by molar-refractivity contribution is 14.1. The fourth-order valence-corrected chi connectivity index (χ4v) is 3.73. The Morgan fingerprint density at radius 3 is 1.79 bits per heavy atom. The van der Waals surface area contributed by atoms with Gasteiger partial charge in [-0.3, -0.25) is 14.9 Å². The highest BCUT2D eigenvalue weighted by Crippen LogP contribution is 2.24. The van der Waals surface area contributed by atoms with Crippen LogP contribution in [0.1, 0.15) is 41.4 Å². The van der Waals surface area contributed by atoms with Crippen molar-refractivity contribution in [1.82, 2.24) is 5.32 Å². The molecule has 0 aliphatic carbocycles. The zero-order valence-corrected chi connectivity index (χ0v) is 18.1. The number of primary amides is 2. The average Bonchev–Trinajstić information content (AvgIpc) is 3.06. The third kappa shape index (κ3) is 4.83. The molecule has 4 amide bonds. The number of ether oxygens (including phenoxy) is 1. The van der Waals surface area contributed by atoms with Gasteiger partial charge in [-0.05, 0) is 69.4 Å². The monoisotopic (exact) mass is 607 g/mol. The van der Waals surface area contributed by atoms with E-state index < -0.39 is 18.0 Å². The normalized spacial score (nSPS) is 13.2. The number of fused-ring (bicyclic) bond motifs is 2. The van der Waals surface area contributed by atoms with Gasteiger partial charge < -0.3 is 16.2 Å². The lowest BCUT2D eigenvalue weighted by Gasteiger charge is -1.94. The lowest BCUT2D eigenvalue weighted by atomic mass is 10.1. The van der Waals surface area contributed by atoms with Crippen LogP contribution in [0.3, 0.4) is 0 Å². The van der Waals surface area contributed by atoms with Gasteiger partial charge in [-0.2, -0.15) is 0 Å². The van der Waals surface area contributed by atoms with Crippen LogP contribution in [-0.2, 0) is 4.74 Å². The molecule has 4 rings (SSSR count). The molecule has 2 heterocycles. The second-order valence-corrected chi connectivity index (χ2v) is 7.51. The van der Waals surface area contributed by atoms with E-state index in [1.165, 1.54) is 0 Å². The summed E-state index contributed by atoms with van der Waals surface area (Å²) in [6, 6.07) is 9.46. The van der Waals surface area contributed by atoms with Crippen molar-refractivity contribution in [2.75, 3.05) is 0 Å². The van der Waals surface area contributed by atoms with Gasteiger partial charge in [0.25, 0.3) is 11.8 Å². The van der Waals surface area contributed by atoms with Crippen LogP contribution in [0, 0.1) is 7.14 Å². The highest BCUT2D eigenvalue weighted by Gasteiger charge is 2.31. The van der Waals surface area contributed by atoms with Crippen molar-refractivity contribution in [3.63, 3.8) is 0 Å². The standard InChI is InChI=1S/C8H4INO2.C8H3IO3.CH4N2O/c9-5-3-1-2-4-6(5)8(12)10-7(4)11;9-5-3-1-2-4-6(5)8(11)12-7(4)10;2-1(3)4/h1-3H,(H,10,11,12);1-3H;(H4,2,3,4). The van der Waals surface area contributed by atoms with E-state index in [1.54, 1.807) is 36.4 Å². The number of hydrogen-bond donors (Lipinski definition) is 3. The summed E-state index contributed by atoms with van der Waals surface area (Å²) in [6.07, 6.45) is 0. The fourth-order valence-electron chi connectivity index (χ4n) is 2.27. The van der Waals surface area contributed by atoms with E-state index in [0.29, 0.717) is 22.3 Å². The lowest BCUT2D eigenvalue weighted by molar-refractivity contribution is 0.0442. The number of nitrogens with one attached hydrogen (secondary N) is 1. The van der Waals surface area contributed by atoms with Gasteiger partial charge in [-0.25, -0.2) is 14.4 Å².